The minimum Gasteiger partial charge on any atom is -0.324 e. The Hall–Kier alpha value is -1.35. The zero-order chi connectivity index (χ0) is 13.9. The summed E-state index contributed by atoms with van der Waals surface area (Å²) in [5.41, 5.74) is 10.1. The van der Waals surface area contributed by atoms with Gasteiger partial charge in [0.15, 0.2) is 0 Å². The van der Waals surface area contributed by atoms with Gasteiger partial charge in [0.05, 0.1) is 0 Å². The van der Waals surface area contributed by atoms with Crippen molar-refractivity contribution >= 4 is 11.6 Å². The van der Waals surface area contributed by atoms with E-state index in [2.05, 4.69) is 18.2 Å². The number of aryl methyl sites for hydroxylation is 1. The molecule has 1 amide bonds. The predicted molar refractivity (Wildman–Crippen MR) is 79.4 cm³/mol. The van der Waals surface area contributed by atoms with Gasteiger partial charge < -0.3 is 10.6 Å². The van der Waals surface area contributed by atoms with Gasteiger partial charge in [0.25, 0.3) is 0 Å². The van der Waals surface area contributed by atoms with E-state index in [9.17, 15) is 4.79 Å². The summed E-state index contributed by atoms with van der Waals surface area (Å²) in [5, 5.41) is 0. The Balaban J connectivity index is 1.58. The number of benzene rings is 1. The topological polar surface area (TPSA) is 46.3 Å². The van der Waals surface area contributed by atoms with E-state index >= 15 is 0 Å². The van der Waals surface area contributed by atoms with Crippen LogP contribution in [0.2, 0.25) is 0 Å². The number of hydrogen-bond donors (Lipinski definition) is 1. The minimum absolute atomic E-state index is 0.177. The third kappa shape index (κ3) is 1.87. The summed E-state index contributed by atoms with van der Waals surface area (Å²) in [7, 11) is 1.87. The second-order valence-corrected chi connectivity index (χ2v) is 6.85. The molecule has 3 nitrogen and oxygen atoms in total. The third-order valence-corrected chi connectivity index (χ3v) is 5.62. The van der Waals surface area contributed by atoms with Gasteiger partial charge in [-0.3, -0.25) is 4.79 Å². The average molecular weight is 270 g/mol. The molecule has 2 fully saturated rings. The van der Waals surface area contributed by atoms with Crippen molar-refractivity contribution in [1.29, 1.82) is 0 Å². The number of hydrogen-bond acceptors (Lipinski definition) is 2. The smallest absolute Gasteiger partial charge is 0.227 e. The Labute approximate surface area is 120 Å². The zero-order valence-corrected chi connectivity index (χ0v) is 12.0. The van der Waals surface area contributed by atoms with Crippen molar-refractivity contribution in [1.82, 2.24) is 0 Å². The van der Waals surface area contributed by atoms with Crippen LogP contribution in [-0.2, 0) is 11.2 Å². The van der Waals surface area contributed by atoms with E-state index in [1.165, 1.54) is 30.4 Å². The summed E-state index contributed by atoms with van der Waals surface area (Å²) >= 11 is 0. The molecule has 3 heteroatoms. The highest BCUT2D eigenvalue weighted by atomic mass is 16.2. The lowest BCUT2D eigenvalue weighted by Crippen LogP contribution is -2.31. The lowest BCUT2D eigenvalue weighted by atomic mass is 9.88. The molecule has 2 N–H and O–H groups in total. The van der Waals surface area contributed by atoms with Crippen LogP contribution in [0, 0.1) is 17.8 Å². The lowest BCUT2D eigenvalue weighted by Gasteiger charge is -2.28. The highest BCUT2D eigenvalue weighted by molar-refractivity contribution is 5.95. The molecule has 3 unspecified atom stereocenters. The summed E-state index contributed by atoms with van der Waals surface area (Å²) in [6.45, 7) is 0. The van der Waals surface area contributed by atoms with Crippen LogP contribution >= 0.6 is 0 Å². The van der Waals surface area contributed by atoms with Gasteiger partial charge in [-0.05, 0) is 60.6 Å². The van der Waals surface area contributed by atoms with Crippen LogP contribution in [0.25, 0.3) is 0 Å². The van der Waals surface area contributed by atoms with Crippen LogP contribution < -0.4 is 10.6 Å². The van der Waals surface area contributed by atoms with Crippen LogP contribution in [0.3, 0.4) is 0 Å². The van der Waals surface area contributed by atoms with E-state index in [4.69, 9.17) is 5.73 Å². The van der Waals surface area contributed by atoms with Crippen LogP contribution in [0.4, 0.5) is 5.69 Å². The maximum Gasteiger partial charge on any atom is 0.227 e. The average Bonchev–Trinajstić information content (AvgIpc) is 3.08. The Morgan fingerprint density at radius 3 is 2.70 bits per heavy atom. The molecule has 0 bridgehead atoms. The summed E-state index contributed by atoms with van der Waals surface area (Å²) < 4.78 is 0. The van der Waals surface area contributed by atoms with E-state index in [1.54, 1.807) is 4.90 Å². The number of rotatable bonds is 2. The summed E-state index contributed by atoms with van der Waals surface area (Å²) in [5.74, 6) is 2.84. The zero-order valence-electron chi connectivity index (χ0n) is 12.0. The molecule has 2 aliphatic carbocycles. The molecular weight excluding hydrogens is 248 g/mol. The normalized spacial score (nSPS) is 32.8. The Morgan fingerprint density at radius 1 is 1.20 bits per heavy atom. The first-order chi connectivity index (χ1) is 9.63. The van der Waals surface area contributed by atoms with Gasteiger partial charge >= 0.3 is 0 Å². The minimum atomic E-state index is 0.177. The summed E-state index contributed by atoms with van der Waals surface area (Å²) in [4.78, 5) is 13.5. The Morgan fingerprint density at radius 2 is 1.95 bits per heavy atom. The molecule has 106 valence electrons. The van der Waals surface area contributed by atoms with Crippen molar-refractivity contribution in [3.05, 3.63) is 29.3 Å². The van der Waals surface area contributed by atoms with Gasteiger partial charge in [-0.15, -0.1) is 0 Å². The Bertz CT molecular complexity index is 558. The van der Waals surface area contributed by atoms with Gasteiger partial charge in [-0.25, -0.2) is 0 Å². The molecule has 0 saturated heterocycles. The van der Waals surface area contributed by atoms with Crippen LogP contribution in [0.15, 0.2) is 18.2 Å². The first kappa shape index (κ1) is 12.4. The number of nitrogens with two attached hydrogens (primary N) is 1. The molecule has 0 radical (unpaired) electrons. The van der Waals surface area contributed by atoms with E-state index < -0.39 is 0 Å². The highest BCUT2D eigenvalue weighted by Crippen LogP contribution is 2.56. The molecule has 2 saturated carbocycles. The van der Waals surface area contributed by atoms with Crippen molar-refractivity contribution in [2.24, 2.45) is 23.5 Å². The number of nitrogens with zero attached hydrogens (tertiary/aromatic N) is 1. The largest absolute Gasteiger partial charge is 0.324 e. The maximum atomic E-state index is 11.7. The predicted octanol–water partition coefficient (Wildman–Crippen LogP) is 2.64. The van der Waals surface area contributed by atoms with Gasteiger partial charge in [0, 0.05) is 25.2 Å². The SMILES string of the molecule is CN1C(=O)CCc2cc(C(N)C3CC4CC4C3)ccc21. The fourth-order valence-electron chi connectivity index (χ4n) is 4.21. The molecule has 1 aliphatic heterocycles. The fraction of sp³-hybridized carbons (Fsp3) is 0.588. The van der Waals surface area contributed by atoms with Crippen molar-refractivity contribution in [2.75, 3.05) is 11.9 Å². The van der Waals surface area contributed by atoms with E-state index in [0.29, 0.717) is 12.3 Å². The number of fused-ring (bicyclic) bond motifs is 2. The van der Waals surface area contributed by atoms with Crippen molar-refractivity contribution in [3.63, 3.8) is 0 Å². The van der Waals surface area contributed by atoms with Crippen molar-refractivity contribution in [3.8, 4) is 0 Å². The van der Waals surface area contributed by atoms with Crippen LogP contribution in [0.5, 0.6) is 0 Å². The lowest BCUT2D eigenvalue weighted by molar-refractivity contribution is -0.118. The Kier molecular flexibility index (Phi) is 2.68. The molecule has 4 rings (SSSR count). The monoisotopic (exact) mass is 270 g/mol. The second-order valence-electron chi connectivity index (χ2n) is 6.85. The van der Waals surface area contributed by atoms with Crippen molar-refractivity contribution < 1.29 is 4.79 Å². The van der Waals surface area contributed by atoms with E-state index in [0.717, 1.165) is 23.9 Å². The van der Waals surface area contributed by atoms with Gasteiger partial charge in [-0.1, -0.05) is 12.1 Å². The van der Waals surface area contributed by atoms with Crippen LogP contribution in [-0.4, -0.2) is 13.0 Å². The molecule has 20 heavy (non-hydrogen) atoms. The highest BCUT2D eigenvalue weighted by Gasteiger charge is 2.47. The maximum absolute atomic E-state index is 11.7. The van der Waals surface area contributed by atoms with E-state index in [-0.39, 0.29) is 11.9 Å². The third-order valence-electron chi connectivity index (χ3n) is 5.62. The second kappa shape index (κ2) is 4.32. The number of anilines is 1. The first-order valence-corrected chi connectivity index (χ1v) is 7.78. The molecule has 1 heterocycles. The van der Waals surface area contributed by atoms with E-state index in [1.807, 2.05) is 7.05 Å². The summed E-state index contributed by atoms with van der Waals surface area (Å²) in [6.07, 6.45) is 5.56. The van der Waals surface area contributed by atoms with Gasteiger partial charge in [0.1, 0.15) is 0 Å². The van der Waals surface area contributed by atoms with Crippen LogP contribution in [0.1, 0.15) is 42.9 Å². The summed E-state index contributed by atoms with van der Waals surface area (Å²) in [6, 6.07) is 6.63. The molecular formula is C17H22N2O. The standard InChI is InChI=1S/C17H22N2O/c1-19-15-4-2-11(6-10(15)3-5-16(19)20)17(18)14-8-12-7-13(12)9-14/h2,4,6,12-14,17H,3,5,7-9,18H2,1H3. The molecule has 3 atom stereocenters. The molecule has 1 aromatic carbocycles. The number of carbonyl (C=O) groups is 1. The quantitative estimate of drug-likeness (QED) is 0.898. The molecule has 0 spiro atoms. The first-order valence-electron chi connectivity index (χ1n) is 7.78. The molecule has 3 aliphatic rings. The number of carbonyl (C=O) groups excluding carboxylic acids is 1. The fourth-order valence-corrected chi connectivity index (χ4v) is 4.21. The number of amides is 1. The van der Waals surface area contributed by atoms with Crippen molar-refractivity contribution in [2.45, 2.75) is 38.1 Å². The van der Waals surface area contributed by atoms with Gasteiger partial charge in [-0.2, -0.15) is 0 Å². The molecule has 0 aromatic heterocycles. The molecule has 1 aromatic rings. The van der Waals surface area contributed by atoms with Gasteiger partial charge in [0.2, 0.25) is 5.91 Å².